The number of hydrogen-bond donors (Lipinski definition) is 1. The molecule has 1 aromatic carbocycles. The second-order valence-electron chi connectivity index (χ2n) is 4.04. The Bertz CT molecular complexity index is 334. The molecule has 0 aliphatic heterocycles. The molecule has 1 aromatic rings. The van der Waals surface area contributed by atoms with Crippen LogP contribution in [0.1, 0.15) is 19.8 Å². The van der Waals surface area contributed by atoms with Crippen LogP contribution in [0.25, 0.3) is 0 Å². The SMILES string of the molecule is CC1CC(Nc2ccc(Br)cc2F)C1. The summed E-state index contributed by atoms with van der Waals surface area (Å²) >= 11 is 3.24. The largest absolute Gasteiger partial charge is 0.380 e. The van der Waals surface area contributed by atoms with E-state index in [4.69, 9.17) is 0 Å². The van der Waals surface area contributed by atoms with Crippen molar-refractivity contribution >= 4 is 21.6 Å². The van der Waals surface area contributed by atoms with E-state index in [1.54, 1.807) is 6.07 Å². The number of benzene rings is 1. The molecule has 14 heavy (non-hydrogen) atoms. The van der Waals surface area contributed by atoms with Crippen molar-refractivity contribution in [2.24, 2.45) is 5.92 Å². The topological polar surface area (TPSA) is 12.0 Å². The van der Waals surface area contributed by atoms with Crippen molar-refractivity contribution in [2.45, 2.75) is 25.8 Å². The lowest BCUT2D eigenvalue weighted by Gasteiger charge is -2.34. The van der Waals surface area contributed by atoms with Crippen LogP contribution in [-0.2, 0) is 0 Å². The maximum atomic E-state index is 13.4. The molecule has 1 aliphatic rings. The fraction of sp³-hybridized carbons (Fsp3) is 0.455. The van der Waals surface area contributed by atoms with E-state index in [2.05, 4.69) is 28.2 Å². The Morgan fingerprint density at radius 1 is 1.43 bits per heavy atom. The van der Waals surface area contributed by atoms with Gasteiger partial charge >= 0.3 is 0 Å². The van der Waals surface area contributed by atoms with Gasteiger partial charge in [0.25, 0.3) is 0 Å². The number of halogens is 2. The highest BCUT2D eigenvalue weighted by atomic mass is 79.9. The van der Waals surface area contributed by atoms with Crippen molar-refractivity contribution < 1.29 is 4.39 Å². The molecule has 1 fully saturated rings. The monoisotopic (exact) mass is 257 g/mol. The van der Waals surface area contributed by atoms with Crippen LogP contribution >= 0.6 is 15.9 Å². The first-order valence-electron chi connectivity index (χ1n) is 4.87. The Morgan fingerprint density at radius 2 is 2.14 bits per heavy atom. The summed E-state index contributed by atoms with van der Waals surface area (Å²) in [5.74, 6) is 0.602. The predicted octanol–water partition coefficient (Wildman–Crippen LogP) is 3.80. The lowest BCUT2D eigenvalue weighted by Crippen LogP contribution is -2.34. The molecule has 2 rings (SSSR count). The first-order chi connectivity index (χ1) is 6.65. The second kappa shape index (κ2) is 3.89. The fourth-order valence-electron chi connectivity index (χ4n) is 1.85. The zero-order chi connectivity index (χ0) is 10.1. The minimum Gasteiger partial charge on any atom is -0.380 e. The summed E-state index contributed by atoms with van der Waals surface area (Å²) in [5, 5.41) is 3.21. The van der Waals surface area contributed by atoms with E-state index in [0.29, 0.717) is 11.7 Å². The van der Waals surface area contributed by atoms with Gasteiger partial charge in [0.1, 0.15) is 5.82 Å². The van der Waals surface area contributed by atoms with Gasteiger partial charge < -0.3 is 5.32 Å². The van der Waals surface area contributed by atoms with Crippen LogP contribution in [0.3, 0.4) is 0 Å². The van der Waals surface area contributed by atoms with Gasteiger partial charge in [0.05, 0.1) is 5.69 Å². The number of anilines is 1. The van der Waals surface area contributed by atoms with Crippen molar-refractivity contribution in [2.75, 3.05) is 5.32 Å². The molecule has 0 amide bonds. The van der Waals surface area contributed by atoms with Crippen LogP contribution in [0.4, 0.5) is 10.1 Å². The average Bonchev–Trinajstić information content (AvgIpc) is 2.06. The normalized spacial score (nSPS) is 25.6. The highest BCUT2D eigenvalue weighted by Crippen LogP contribution is 2.30. The highest BCUT2D eigenvalue weighted by molar-refractivity contribution is 9.10. The van der Waals surface area contributed by atoms with Gasteiger partial charge in [0.15, 0.2) is 0 Å². The van der Waals surface area contributed by atoms with Crippen LogP contribution in [-0.4, -0.2) is 6.04 Å². The molecule has 0 aromatic heterocycles. The molecular formula is C11H13BrFN. The van der Waals surface area contributed by atoms with E-state index in [1.807, 2.05) is 6.07 Å². The van der Waals surface area contributed by atoms with Crippen LogP contribution < -0.4 is 5.32 Å². The summed E-state index contributed by atoms with van der Waals surface area (Å²) in [6.07, 6.45) is 2.30. The Hall–Kier alpha value is -0.570. The van der Waals surface area contributed by atoms with Gasteiger partial charge in [-0.15, -0.1) is 0 Å². The second-order valence-corrected chi connectivity index (χ2v) is 4.96. The fourth-order valence-corrected chi connectivity index (χ4v) is 2.18. The first-order valence-corrected chi connectivity index (χ1v) is 5.66. The third kappa shape index (κ3) is 2.08. The smallest absolute Gasteiger partial charge is 0.147 e. The zero-order valence-corrected chi connectivity index (χ0v) is 9.64. The van der Waals surface area contributed by atoms with Gasteiger partial charge in [-0.25, -0.2) is 4.39 Å². The standard InChI is InChI=1S/C11H13BrFN/c1-7-4-9(5-7)14-11-3-2-8(12)6-10(11)13/h2-3,6-7,9,14H,4-5H2,1H3. The minimum atomic E-state index is -0.182. The zero-order valence-electron chi connectivity index (χ0n) is 8.06. The molecule has 0 saturated heterocycles. The van der Waals surface area contributed by atoms with Crippen molar-refractivity contribution in [3.63, 3.8) is 0 Å². The van der Waals surface area contributed by atoms with E-state index in [1.165, 1.54) is 6.07 Å². The average molecular weight is 258 g/mol. The van der Waals surface area contributed by atoms with Crippen molar-refractivity contribution in [1.82, 2.24) is 0 Å². The molecule has 0 radical (unpaired) electrons. The molecule has 0 spiro atoms. The van der Waals surface area contributed by atoms with E-state index < -0.39 is 0 Å². The number of hydrogen-bond acceptors (Lipinski definition) is 1. The Morgan fingerprint density at radius 3 is 2.71 bits per heavy atom. The van der Waals surface area contributed by atoms with E-state index in [9.17, 15) is 4.39 Å². The molecule has 1 nitrogen and oxygen atoms in total. The highest BCUT2D eigenvalue weighted by Gasteiger charge is 2.25. The van der Waals surface area contributed by atoms with Crippen molar-refractivity contribution in [1.29, 1.82) is 0 Å². The minimum absolute atomic E-state index is 0.182. The third-order valence-corrected chi connectivity index (χ3v) is 3.16. The number of rotatable bonds is 2. The first kappa shape index (κ1) is 9.97. The summed E-state index contributed by atoms with van der Waals surface area (Å²) in [4.78, 5) is 0. The molecule has 1 N–H and O–H groups in total. The summed E-state index contributed by atoms with van der Waals surface area (Å²) < 4.78 is 14.2. The number of nitrogens with one attached hydrogen (secondary N) is 1. The molecule has 0 unspecified atom stereocenters. The molecule has 0 heterocycles. The predicted molar refractivity (Wildman–Crippen MR) is 59.9 cm³/mol. The Kier molecular flexibility index (Phi) is 2.77. The van der Waals surface area contributed by atoms with Crippen LogP contribution in [0, 0.1) is 11.7 Å². The molecule has 0 bridgehead atoms. The summed E-state index contributed by atoms with van der Waals surface area (Å²) in [6, 6.07) is 5.58. The van der Waals surface area contributed by atoms with Gasteiger partial charge in [-0.05, 0) is 37.0 Å². The summed E-state index contributed by atoms with van der Waals surface area (Å²) in [7, 11) is 0. The van der Waals surface area contributed by atoms with Crippen LogP contribution in [0.5, 0.6) is 0 Å². The quantitative estimate of drug-likeness (QED) is 0.850. The molecule has 1 aliphatic carbocycles. The Balaban J connectivity index is 2.02. The van der Waals surface area contributed by atoms with Crippen LogP contribution in [0.15, 0.2) is 22.7 Å². The van der Waals surface area contributed by atoms with E-state index in [-0.39, 0.29) is 5.82 Å². The van der Waals surface area contributed by atoms with Crippen molar-refractivity contribution in [3.8, 4) is 0 Å². The van der Waals surface area contributed by atoms with E-state index in [0.717, 1.165) is 23.2 Å². The molecule has 0 atom stereocenters. The molecule has 1 saturated carbocycles. The maximum absolute atomic E-state index is 13.4. The summed E-state index contributed by atoms with van der Waals surface area (Å²) in [5.41, 5.74) is 0.616. The lowest BCUT2D eigenvalue weighted by atomic mass is 9.82. The van der Waals surface area contributed by atoms with Gasteiger partial charge in [-0.3, -0.25) is 0 Å². The van der Waals surface area contributed by atoms with E-state index >= 15 is 0 Å². The van der Waals surface area contributed by atoms with Gasteiger partial charge in [-0.1, -0.05) is 22.9 Å². The van der Waals surface area contributed by atoms with Gasteiger partial charge in [0, 0.05) is 10.5 Å². The molecule has 76 valence electrons. The maximum Gasteiger partial charge on any atom is 0.147 e. The lowest BCUT2D eigenvalue weighted by molar-refractivity contribution is 0.308. The third-order valence-electron chi connectivity index (χ3n) is 2.66. The molecule has 3 heteroatoms. The van der Waals surface area contributed by atoms with Gasteiger partial charge in [0.2, 0.25) is 0 Å². The molecular weight excluding hydrogens is 245 g/mol. The van der Waals surface area contributed by atoms with Gasteiger partial charge in [-0.2, -0.15) is 0 Å². The Labute approximate surface area is 91.8 Å². The summed E-state index contributed by atoms with van der Waals surface area (Å²) in [6.45, 7) is 2.22. The van der Waals surface area contributed by atoms with Crippen LogP contribution in [0.2, 0.25) is 0 Å². The van der Waals surface area contributed by atoms with Crippen molar-refractivity contribution in [3.05, 3.63) is 28.5 Å².